The van der Waals surface area contributed by atoms with Gasteiger partial charge < -0.3 is 9.15 Å². The SMILES string of the molecule is Cc1ccc(-c2nc(CN(CC3CCC3)CC3CCCO3)c(C)o2)s1. The molecule has 2 aliphatic rings. The second kappa shape index (κ2) is 7.60. The maximum absolute atomic E-state index is 5.97. The minimum Gasteiger partial charge on any atom is -0.440 e. The van der Waals surface area contributed by atoms with Crippen LogP contribution in [0.15, 0.2) is 16.5 Å². The van der Waals surface area contributed by atoms with Crippen molar-refractivity contribution in [2.75, 3.05) is 19.7 Å². The van der Waals surface area contributed by atoms with Gasteiger partial charge in [-0.1, -0.05) is 6.42 Å². The molecule has 2 aromatic heterocycles. The lowest BCUT2D eigenvalue weighted by molar-refractivity contribution is 0.0574. The minimum atomic E-state index is 0.395. The summed E-state index contributed by atoms with van der Waals surface area (Å²) >= 11 is 1.74. The van der Waals surface area contributed by atoms with Crippen LogP contribution in [-0.4, -0.2) is 35.7 Å². The molecule has 2 fully saturated rings. The zero-order valence-electron chi connectivity index (χ0n) is 15.3. The van der Waals surface area contributed by atoms with Crippen LogP contribution in [0.5, 0.6) is 0 Å². The van der Waals surface area contributed by atoms with Crippen molar-refractivity contribution in [1.82, 2.24) is 9.88 Å². The van der Waals surface area contributed by atoms with Crippen LogP contribution in [-0.2, 0) is 11.3 Å². The van der Waals surface area contributed by atoms with Crippen molar-refractivity contribution < 1.29 is 9.15 Å². The molecule has 25 heavy (non-hydrogen) atoms. The van der Waals surface area contributed by atoms with Gasteiger partial charge in [0.25, 0.3) is 0 Å². The fraction of sp³-hybridized carbons (Fsp3) is 0.650. The first-order valence-corrected chi connectivity index (χ1v) is 10.4. The Morgan fingerprint density at radius 3 is 2.68 bits per heavy atom. The van der Waals surface area contributed by atoms with Gasteiger partial charge in [0.1, 0.15) is 5.76 Å². The minimum absolute atomic E-state index is 0.395. The van der Waals surface area contributed by atoms with E-state index in [9.17, 15) is 0 Å². The smallest absolute Gasteiger partial charge is 0.236 e. The Morgan fingerprint density at radius 1 is 1.16 bits per heavy atom. The third kappa shape index (κ3) is 4.15. The van der Waals surface area contributed by atoms with E-state index >= 15 is 0 Å². The van der Waals surface area contributed by atoms with Gasteiger partial charge >= 0.3 is 0 Å². The van der Waals surface area contributed by atoms with Gasteiger partial charge in [-0.05, 0) is 57.6 Å². The summed E-state index contributed by atoms with van der Waals surface area (Å²) in [6.07, 6.45) is 6.93. The van der Waals surface area contributed by atoms with E-state index in [0.29, 0.717) is 6.10 Å². The Bertz CT molecular complexity index is 698. The Hall–Kier alpha value is -1.17. The lowest BCUT2D eigenvalue weighted by atomic mass is 9.85. The number of ether oxygens (including phenoxy) is 1. The predicted molar refractivity (Wildman–Crippen MR) is 101 cm³/mol. The van der Waals surface area contributed by atoms with Gasteiger partial charge in [-0.2, -0.15) is 0 Å². The maximum atomic E-state index is 5.97. The van der Waals surface area contributed by atoms with Gasteiger partial charge in [0, 0.05) is 31.1 Å². The van der Waals surface area contributed by atoms with Crippen LogP contribution in [0.1, 0.15) is 48.4 Å². The fourth-order valence-electron chi connectivity index (χ4n) is 3.76. The van der Waals surface area contributed by atoms with Gasteiger partial charge in [0.15, 0.2) is 0 Å². The average Bonchev–Trinajstić information content (AvgIpc) is 3.26. The Morgan fingerprint density at radius 2 is 2.04 bits per heavy atom. The van der Waals surface area contributed by atoms with Crippen molar-refractivity contribution in [2.45, 2.75) is 58.6 Å². The van der Waals surface area contributed by atoms with Gasteiger partial charge in [-0.3, -0.25) is 4.90 Å². The Kier molecular flexibility index (Phi) is 5.25. The van der Waals surface area contributed by atoms with Crippen LogP contribution >= 0.6 is 11.3 Å². The molecule has 4 nitrogen and oxygen atoms in total. The second-order valence-electron chi connectivity index (χ2n) is 7.56. The molecule has 136 valence electrons. The molecule has 1 atom stereocenters. The van der Waals surface area contributed by atoms with Crippen molar-refractivity contribution in [2.24, 2.45) is 5.92 Å². The number of nitrogens with zero attached hydrogens (tertiary/aromatic N) is 2. The number of hydrogen-bond donors (Lipinski definition) is 0. The molecule has 5 heteroatoms. The maximum Gasteiger partial charge on any atom is 0.236 e. The average molecular weight is 361 g/mol. The van der Waals surface area contributed by atoms with Crippen molar-refractivity contribution in [3.63, 3.8) is 0 Å². The molecule has 4 rings (SSSR count). The molecule has 3 heterocycles. The van der Waals surface area contributed by atoms with Crippen molar-refractivity contribution in [1.29, 1.82) is 0 Å². The lowest BCUT2D eigenvalue weighted by Gasteiger charge is -2.33. The van der Waals surface area contributed by atoms with Crippen LogP contribution < -0.4 is 0 Å². The van der Waals surface area contributed by atoms with Gasteiger partial charge in [-0.15, -0.1) is 11.3 Å². The summed E-state index contributed by atoms with van der Waals surface area (Å²) in [5, 5.41) is 0. The number of thiophene rings is 1. The Labute approximate surface area is 154 Å². The van der Waals surface area contributed by atoms with E-state index in [4.69, 9.17) is 14.1 Å². The van der Waals surface area contributed by atoms with Crippen molar-refractivity contribution >= 4 is 11.3 Å². The highest BCUT2D eigenvalue weighted by Gasteiger charge is 2.26. The molecule has 2 aromatic rings. The highest BCUT2D eigenvalue weighted by Crippen LogP contribution is 2.31. The number of aromatic nitrogens is 1. The molecular weight excluding hydrogens is 332 g/mol. The summed E-state index contributed by atoms with van der Waals surface area (Å²) < 4.78 is 11.8. The zero-order valence-corrected chi connectivity index (χ0v) is 16.1. The Balaban J connectivity index is 1.47. The summed E-state index contributed by atoms with van der Waals surface area (Å²) in [5.74, 6) is 2.58. The molecule has 0 spiro atoms. The summed E-state index contributed by atoms with van der Waals surface area (Å²) in [4.78, 5) is 9.78. The second-order valence-corrected chi connectivity index (χ2v) is 8.85. The molecular formula is C20H28N2O2S. The highest BCUT2D eigenvalue weighted by molar-refractivity contribution is 7.15. The zero-order chi connectivity index (χ0) is 17.2. The molecule has 1 aliphatic heterocycles. The summed E-state index contributed by atoms with van der Waals surface area (Å²) in [6, 6.07) is 4.23. The molecule has 1 saturated carbocycles. The van der Waals surface area contributed by atoms with Crippen LogP contribution in [0.2, 0.25) is 0 Å². The number of rotatable bonds is 7. The standard InChI is InChI=1S/C20H28N2O2S/c1-14-8-9-19(25-14)20-21-18(15(2)24-20)13-22(11-16-5-3-6-16)12-17-7-4-10-23-17/h8-9,16-17H,3-7,10-13H2,1-2H3. The van der Waals surface area contributed by atoms with E-state index in [0.717, 1.165) is 47.8 Å². The molecule has 1 unspecified atom stereocenters. The van der Waals surface area contributed by atoms with Crippen LogP contribution in [0.4, 0.5) is 0 Å². The van der Waals surface area contributed by atoms with E-state index in [2.05, 4.69) is 24.0 Å². The molecule has 1 aliphatic carbocycles. The normalized spacial score (nSPS) is 21.2. The molecule has 0 bridgehead atoms. The molecule has 0 amide bonds. The summed E-state index contributed by atoms with van der Waals surface area (Å²) in [5.41, 5.74) is 1.08. The quantitative estimate of drug-likeness (QED) is 0.711. The van der Waals surface area contributed by atoms with Crippen molar-refractivity contribution in [3.8, 4) is 10.8 Å². The van der Waals surface area contributed by atoms with Crippen LogP contribution in [0.25, 0.3) is 10.8 Å². The van der Waals surface area contributed by atoms with E-state index < -0.39 is 0 Å². The highest BCUT2D eigenvalue weighted by atomic mass is 32.1. The van der Waals surface area contributed by atoms with E-state index in [1.807, 2.05) is 6.92 Å². The summed E-state index contributed by atoms with van der Waals surface area (Å²) in [7, 11) is 0. The molecule has 1 saturated heterocycles. The predicted octanol–water partition coefficient (Wildman–Crippen LogP) is 4.80. The third-order valence-corrected chi connectivity index (χ3v) is 6.43. The van der Waals surface area contributed by atoms with Gasteiger partial charge in [0.2, 0.25) is 5.89 Å². The first kappa shape index (κ1) is 17.3. The van der Waals surface area contributed by atoms with Crippen LogP contribution in [0.3, 0.4) is 0 Å². The largest absolute Gasteiger partial charge is 0.440 e. The number of oxazole rings is 1. The van der Waals surface area contributed by atoms with Gasteiger partial charge in [0.05, 0.1) is 16.7 Å². The van der Waals surface area contributed by atoms with Crippen molar-refractivity contribution in [3.05, 3.63) is 28.5 Å². The third-order valence-electron chi connectivity index (χ3n) is 5.44. The van der Waals surface area contributed by atoms with E-state index in [-0.39, 0.29) is 0 Å². The molecule has 0 N–H and O–H groups in total. The van der Waals surface area contributed by atoms with E-state index in [1.165, 1.54) is 43.5 Å². The van der Waals surface area contributed by atoms with Gasteiger partial charge in [-0.25, -0.2) is 4.98 Å². The fourth-order valence-corrected chi connectivity index (χ4v) is 4.56. The lowest BCUT2D eigenvalue weighted by Crippen LogP contribution is -2.37. The first-order valence-electron chi connectivity index (χ1n) is 9.54. The monoisotopic (exact) mass is 360 g/mol. The number of aryl methyl sites for hydroxylation is 2. The first-order chi connectivity index (χ1) is 12.2. The van der Waals surface area contributed by atoms with Crippen LogP contribution in [0, 0.1) is 19.8 Å². The number of hydrogen-bond acceptors (Lipinski definition) is 5. The summed E-state index contributed by atoms with van der Waals surface area (Å²) in [6.45, 7) is 8.14. The molecule has 0 radical (unpaired) electrons. The molecule has 0 aromatic carbocycles. The topological polar surface area (TPSA) is 38.5 Å². The van der Waals surface area contributed by atoms with E-state index in [1.54, 1.807) is 11.3 Å².